The van der Waals surface area contributed by atoms with Crippen LogP contribution in [-0.2, 0) is 0 Å². The SMILES string of the molecule is CNC1CCCCN(c2nc3cc(C(O)C(F)(F)F)cc(-c4nccs4)c3o2)C1. The smallest absolute Gasteiger partial charge is 0.418 e. The fourth-order valence-corrected chi connectivity index (χ4v) is 4.24. The number of benzene rings is 1. The van der Waals surface area contributed by atoms with Gasteiger partial charge in [-0.05, 0) is 37.6 Å². The highest BCUT2D eigenvalue weighted by Crippen LogP contribution is 2.39. The Morgan fingerprint density at radius 3 is 2.86 bits per heavy atom. The van der Waals surface area contributed by atoms with Gasteiger partial charge in [0.1, 0.15) is 10.5 Å². The summed E-state index contributed by atoms with van der Waals surface area (Å²) < 4.78 is 45.4. The lowest BCUT2D eigenvalue weighted by Crippen LogP contribution is -2.38. The Hall–Kier alpha value is -2.17. The molecule has 2 N–H and O–H groups in total. The van der Waals surface area contributed by atoms with Crippen molar-refractivity contribution in [2.24, 2.45) is 0 Å². The molecule has 1 fully saturated rings. The number of aromatic nitrogens is 2. The predicted octanol–water partition coefficient (Wildman–Crippen LogP) is 4.13. The van der Waals surface area contributed by atoms with Crippen LogP contribution in [0, 0.1) is 0 Å². The Bertz CT molecular complexity index is 974. The van der Waals surface area contributed by atoms with E-state index in [0.717, 1.165) is 25.8 Å². The van der Waals surface area contributed by atoms with Crippen molar-refractivity contribution in [3.05, 3.63) is 29.3 Å². The lowest BCUT2D eigenvalue weighted by molar-refractivity contribution is -0.206. The van der Waals surface area contributed by atoms with E-state index in [9.17, 15) is 18.3 Å². The maximum atomic E-state index is 13.1. The lowest BCUT2D eigenvalue weighted by Gasteiger charge is -2.22. The molecule has 1 aliphatic heterocycles. The summed E-state index contributed by atoms with van der Waals surface area (Å²) >= 11 is 1.29. The van der Waals surface area contributed by atoms with Gasteiger partial charge in [-0.15, -0.1) is 11.3 Å². The van der Waals surface area contributed by atoms with E-state index < -0.39 is 12.3 Å². The third-order valence-electron chi connectivity index (χ3n) is 5.14. The predicted molar refractivity (Wildman–Crippen MR) is 105 cm³/mol. The first-order valence-corrected chi connectivity index (χ1v) is 10.3. The quantitative estimate of drug-likeness (QED) is 0.654. The molecule has 0 radical (unpaired) electrons. The van der Waals surface area contributed by atoms with Gasteiger partial charge >= 0.3 is 6.18 Å². The molecule has 0 bridgehead atoms. The Labute approximate surface area is 169 Å². The summed E-state index contributed by atoms with van der Waals surface area (Å²) in [5, 5.41) is 15.3. The molecular weight excluding hydrogens is 405 g/mol. The number of hydrogen-bond acceptors (Lipinski definition) is 7. The summed E-state index contributed by atoms with van der Waals surface area (Å²) in [5.74, 6) is 0. The number of anilines is 1. The second-order valence-corrected chi connectivity index (χ2v) is 8.02. The van der Waals surface area contributed by atoms with Gasteiger partial charge in [0.25, 0.3) is 6.01 Å². The molecule has 6 nitrogen and oxygen atoms in total. The zero-order valence-corrected chi connectivity index (χ0v) is 16.6. The highest BCUT2D eigenvalue weighted by Gasteiger charge is 2.40. The maximum absolute atomic E-state index is 13.1. The molecule has 0 amide bonds. The van der Waals surface area contributed by atoms with Gasteiger partial charge in [0, 0.05) is 30.7 Å². The van der Waals surface area contributed by atoms with Crippen LogP contribution in [0.4, 0.5) is 19.2 Å². The van der Waals surface area contributed by atoms with E-state index >= 15 is 0 Å². The molecule has 156 valence electrons. The van der Waals surface area contributed by atoms with Crippen LogP contribution in [0.25, 0.3) is 21.7 Å². The lowest BCUT2D eigenvalue weighted by atomic mass is 10.0. The van der Waals surface area contributed by atoms with Gasteiger partial charge in [0.15, 0.2) is 11.7 Å². The maximum Gasteiger partial charge on any atom is 0.418 e. The first kappa shape index (κ1) is 20.1. The molecule has 29 heavy (non-hydrogen) atoms. The van der Waals surface area contributed by atoms with Crippen molar-refractivity contribution in [1.82, 2.24) is 15.3 Å². The number of nitrogens with zero attached hydrogens (tertiary/aromatic N) is 3. The average molecular weight is 426 g/mol. The van der Waals surface area contributed by atoms with Crippen LogP contribution in [0.1, 0.15) is 30.9 Å². The minimum Gasteiger partial charge on any atom is -0.423 e. The molecular formula is C19H21F3N4O2S. The third-order valence-corrected chi connectivity index (χ3v) is 5.95. The summed E-state index contributed by atoms with van der Waals surface area (Å²) in [6.45, 7) is 1.46. The average Bonchev–Trinajstić information content (AvgIpc) is 3.31. The first-order valence-electron chi connectivity index (χ1n) is 9.38. The topological polar surface area (TPSA) is 74.4 Å². The van der Waals surface area contributed by atoms with Crippen LogP contribution >= 0.6 is 11.3 Å². The summed E-state index contributed by atoms with van der Waals surface area (Å²) in [6, 6.07) is 3.19. The number of thiazole rings is 1. The van der Waals surface area contributed by atoms with Crippen LogP contribution < -0.4 is 10.2 Å². The van der Waals surface area contributed by atoms with E-state index in [1.165, 1.54) is 23.5 Å². The van der Waals surface area contributed by atoms with Crippen molar-refractivity contribution in [2.45, 2.75) is 37.6 Å². The number of hydrogen-bond donors (Lipinski definition) is 2. The van der Waals surface area contributed by atoms with Gasteiger partial charge in [-0.3, -0.25) is 0 Å². The number of oxazole rings is 1. The van der Waals surface area contributed by atoms with E-state index in [0.29, 0.717) is 28.7 Å². The number of aliphatic hydroxyl groups is 1. The summed E-state index contributed by atoms with van der Waals surface area (Å²) in [6.07, 6.45) is -2.70. The molecule has 1 saturated heterocycles. The van der Waals surface area contributed by atoms with Crippen molar-refractivity contribution in [1.29, 1.82) is 0 Å². The largest absolute Gasteiger partial charge is 0.423 e. The van der Waals surface area contributed by atoms with Gasteiger partial charge in [0.2, 0.25) is 0 Å². The summed E-state index contributed by atoms with van der Waals surface area (Å²) in [4.78, 5) is 10.7. The number of alkyl halides is 3. The number of nitrogens with one attached hydrogen (secondary N) is 1. The number of rotatable bonds is 4. The number of fused-ring (bicyclic) bond motifs is 1. The molecule has 0 saturated carbocycles. The van der Waals surface area contributed by atoms with Crippen molar-refractivity contribution in [2.75, 3.05) is 25.0 Å². The molecule has 4 rings (SSSR count). The number of aliphatic hydroxyl groups excluding tert-OH is 1. The number of halogens is 3. The molecule has 1 aromatic carbocycles. The molecule has 1 aliphatic rings. The molecule has 0 aliphatic carbocycles. The van der Waals surface area contributed by atoms with Gasteiger partial charge < -0.3 is 19.7 Å². The fraction of sp³-hybridized carbons (Fsp3) is 0.474. The fourth-order valence-electron chi connectivity index (χ4n) is 3.59. The Morgan fingerprint density at radius 1 is 1.34 bits per heavy atom. The first-order chi connectivity index (χ1) is 13.9. The van der Waals surface area contributed by atoms with Crippen LogP contribution in [0.2, 0.25) is 0 Å². The summed E-state index contributed by atoms with van der Waals surface area (Å²) in [7, 11) is 1.91. The molecule has 3 aromatic rings. The highest BCUT2D eigenvalue weighted by molar-refractivity contribution is 7.13. The van der Waals surface area contributed by atoms with Gasteiger partial charge in [-0.1, -0.05) is 6.42 Å². The Balaban J connectivity index is 1.81. The second-order valence-electron chi connectivity index (χ2n) is 7.12. The Kier molecular flexibility index (Phi) is 5.50. The zero-order chi connectivity index (χ0) is 20.6. The third kappa shape index (κ3) is 4.10. The number of likely N-dealkylation sites (N-methyl/N-ethyl adjacent to an activating group) is 1. The van der Waals surface area contributed by atoms with E-state index in [2.05, 4.69) is 15.3 Å². The summed E-state index contributed by atoms with van der Waals surface area (Å²) in [5.41, 5.74) is 0.767. The molecule has 2 unspecified atom stereocenters. The standard InChI is InChI=1S/C19H21F3N4O2S/c1-23-12-4-2-3-6-26(10-12)18-25-14-9-11(16(27)19(20,21)22)8-13(15(14)28-18)17-24-5-7-29-17/h5,7-9,12,16,23,27H,2-4,6,10H2,1H3. The van der Waals surface area contributed by atoms with E-state index in [4.69, 9.17) is 4.42 Å². The molecule has 2 aromatic heterocycles. The van der Waals surface area contributed by atoms with Crippen molar-refractivity contribution in [3.63, 3.8) is 0 Å². The van der Waals surface area contributed by atoms with Crippen molar-refractivity contribution >= 4 is 28.5 Å². The monoisotopic (exact) mass is 426 g/mol. The van der Waals surface area contributed by atoms with Crippen LogP contribution in [0.5, 0.6) is 0 Å². The van der Waals surface area contributed by atoms with Crippen molar-refractivity contribution < 1.29 is 22.7 Å². The van der Waals surface area contributed by atoms with Gasteiger partial charge in [0.05, 0.1) is 5.56 Å². The van der Waals surface area contributed by atoms with E-state index in [-0.39, 0.29) is 17.1 Å². The molecule has 3 heterocycles. The molecule has 0 spiro atoms. The minimum atomic E-state index is -4.77. The second kappa shape index (κ2) is 7.92. The molecule has 2 atom stereocenters. The van der Waals surface area contributed by atoms with Gasteiger partial charge in [-0.25, -0.2) is 4.98 Å². The molecule has 10 heteroatoms. The minimum absolute atomic E-state index is 0.274. The zero-order valence-electron chi connectivity index (χ0n) is 15.7. The van der Waals surface area contributed by atoms with Crippen LogP contribution in [-0.4, -0.2) is 47.4 Å². The van der Waals surface area contributed by atoms with Crippen molar-refractivity contribution in [3.8, 4) is 10.6 Å². The van der Waals surface area contributed by atoms with E-state index in [1.54, 1.807) is 11.6 Å². The normalized spacial score (nSPS) is 19.5. The van der Waals surface area contributed by atoms with Crippen LogP contribution in [0.15, 0.2) is 28.1 Å². The van der Waals surface area contributed by atoms with Gasteiger partial charge in [-0.2, -0.15) is 18.2 Å². The van der Waals surface area contributed by atoms with Crippen LogP contribution in [0.3, 0.4) is 0 Å². The van der Waals surface area contributed by atoms with E-state index in [1.807, 2.05) is 11.9 Å². The Morgan fingerprint density at radius 2 is 2.17 bits per heavy atom. The highest BCUT2D eigenvalue weighted by atomic mass is 32.1.